The Morgan fingerprint density at radius 2 is 1.71 bits per heavy atom. The van der Waals surface area contributed by atoms with E-state index < -0.39 is 0 Å². The largest absolute Gasteiger partial charge is 0.508 e. The van der Waals surface area contributed by atoms with Gasteiger partial charge in [0.2, 0.25) is 5.95 Å². The van der Waals surface area contributed by atoms with Crippen LogP contribution >= 0.6 is 11.6 Å². The van der Waals surface area contributed by atoms with Gasteiger partial charge in [0.1, 0.15) is 17.2 Å². The highest BCUT2D eigenvalue weighted by Crippen LogP contribution is 2.40. The quantitative estimate of drug-likeness (QED) is 0.333. The minimum atomic E-state index is -0.0973. The Hall–Kier alpha value is -2.69. The molecule has 0 saturated carbocycles. The van der Waals surface area contributed by atoms with Crippen LogP contribution in [0.25, 0.3) is 0 Å². The number of phenols is 2. The van der Waals surface area contributed by atoms with Crippen LogP contribution in [0.2, 0.25) is 5.02 Å². The predicted molar refractivity (Wildman–Crippen MR) is 125 cm³/mol. The number of fused-ring (bicyclic) bond motifs is 1. The van der Waals surface area contributed by atoms with Crippen molar-refractivity contribution in [3.05, 3.63) is 22.7 Å². The Labute approximate surface area is 187 Å². The number of benzene rings is 1. The predicted octanol–water partition coefficient (Wildman–Crippen LogP) is 2.78. The van der Waals surface area contributed by atoms with Gasteiger partial charge in [-0.15, -0.1) is 5.53 Å². The number of hydrazine groups is 2. The minimum absolute atomic E-state index is 0.0149. The van der Waals surface area contributed by atoms with Gasteiger partial charge >= 0.3 is 0 Å². The van der Waals surface area contributed by atoms with Gasteiger partial charge in [-0.05, 0) is 40.7 Å². The van der Waals surface area contributed by atoms with E-state index in [1.165, 1.54) is 12.1 Å². The molecule has 1 atom stereocenters. The molecule has 170 valence electrons. The lowest BCUT2D eigenvalue weighted by molar-refractivity contribution is 0.455. The first-order valence-electron chi connectivity index (χ1n) is 10.3. The molecule has 1 aliphatic rings. The molecule has 2 aromatic rings. The maximum atomic E-state index is 10.2. The molecule has 0 radical (unpaired) electrons. The van der Waals surface area contributed by atoms with Crippen molar-refractivity contribution >= 4 is 34.9 Å². The summed E-state index contributed by atoms with van der Waals surface area (Å²) in [5, 5.41) is 30.6. The lowest BCUT2D eigenvalue weighted by atomic mass is 10.2. The first kappa shape index (κ1) is 23.0. The summed E-state index contributed by atoms with van der Waals surface area (Å²) in [6.07, 6.45) is 0. The summed E-state index contributed by atoms with van der Waals surface area (Å²) in [5.74, 6) is 1.64. The number of hydrogen-bond donors (Lipinski definition) is 6. The number of rotatable bonds is 8. The maximum Gasteiger partial charge on any atom is 0.226 e. The van der Waals surface area contributed by atoms with Crippen molar-refractivity contribution in [1.82, 2.24) is 15.5 Å². The minimum Gasteiger partial charge on any atom is -0.508 e. The Bertz CT molecular complexity index is 938. The van der Waals surface area contributed by atoms with E-state index in [1.54, 1.807) is 0 Å². The fourth-order valence-corrected chi connectivity index (χ4v) is 3.31. The highest BCUT2D eigenvalue weighted by molar-refractivity contribution is 6.32. The van der Waals surface area contributed by atoms with Gasteiger partial charge in [0.15, 0.2) is 11.6 Å². The van der Waals surface area contributed by atoms with Crippen molar-refractivity contribution in [2.75, 3.05) is 27.2 Å². The monoisotopic (exact) mass is 450 g/mol. The van der Waals surface area contributed by atoms with E-state index in [-0.39, 0.29) is 41.2 Å². The summed E-state index contributed by atoms with van der Waals surface area (Å²) in [4.78, 5) is 9.38. The summed E-state index contributed by atoms with van der Waals surface area (Å²) >= 11 is 5.87. The van der Waals surface area contributed by atoms with Gasteiger partial charge in [-0.3, -0.25) is 10.0 Å². The molecule has 0 bridgehead atoms. The van der Waals surface area contributed by atoms with Crippen molar-refractivity contribution in [2.24, 2.45) is 5.73 Å². The van der Waals surface area contributed by atoms with Crippen LogP contribution in [0.1, 0.15) is 40.2 Å². The van der Waals surface area contributed by atoms with Crippen LogP contribution in [0.5, 0.6) is 11.5 Å². The van der Waals surface area contributed by atoms with Crippen LogP contribution in [0, 0.1) is 0 Å². The summed E-state index contributed by atoms with van der Waals surface area (Å²) in [7, 11) is 0. The molecule has 0 amide bonds. The zero-order valence-corrected chi connectivity index (χ0v) is 19.2. The molecule has 10 nitrogen and oxygen atoms in total. The molecule has 2 heterocycles. The molecular weight excluding hydrogens is 420 g/mol. The summed E-state index contributed by atoms with van der Waals surface area (Å²) in [6.45, 7) is 10.9. The van der Waals surface area contributed by atoms with Gasteiger partial charge in [-0.2, -0.15) is 9.97 Å². The average molecular weight is 451 g/mol. The molecule has 0 aliphatic carbocycles. The van der Waals surface area contributed by atoms with Crippen LogP contribution < -0.4 is 31.9 Å². The fraction of sp³-hybridized carbons (Fsp3) is 0.500. The van der Waals surface area contributed by atoms with Crippen molar-refractivity contribution < 1.29 is 10.2 Å². The lowest BCUT2D eigenvalue weighted by Crippen LogP contribution is -2.50. The summed E-state index contributed by atoms with van der Waals surface area (Å²) < 4.78 is 0. The van der Waals surface area contributed by atoms with E-state index in [4.69, 9.17) is 22.3 Å². The Morgan fingerprint density at radius 1 is 1.03 bits per heavy atom. The number of hydrogen-bond acceptors (Lipinski definition) is 10. The molecule has 11 heteroatoms. The second-order valence-corrected chi connectivity index (χ2v) is 8.65. The molecule has 1 aromatic carbocycles. The highest BCUT2D eigenvalue weighted by atomic mass is 35.5. The lowest BCUT2D eigenvalue weighted by Gasteiger charge is -2.27. The SMILES string of the molecule is CC(N)CNc1nc(NCc2cc(O)c(Cl)cc2O)c2c(n1)N(C(C)C)NN2C(C)C. The van der Waals surface area contributed by atoms with E-state index in [0.717, 1.165) is 11.5 Å². The average Bonchev–Trinajstić information content (AvgIpc) is 3.08. The van der Waals surface area contributed by atoms with Crippen LogP contribution in [0.4, 0.5) is 23.3 Å². The van der Waals surface area contributed by atoms with Crippen molar-refractivity contribution in [1.29, 1.82) is 0 Å². The molecule has 1 aliphatic heterocycles. The van der Waals surface area contributed by atoms with Crippen LogP contribution in [-0.2, 0) is 6.54 Å². The van der Waals surface area contributed by atoms with Gasteiger partial charge in [-0.25, -0.2) is 0 Å². The first-order chi connectivity index (χ1) is 14.6. The van der Waals surface area contributed by atoms with E-state index in [1.807, 2.05) is 16.9 Å². The smallest absolute Gasteiger partial charge is 0.226 e. The van der Waals surface area contributed by atoms with Crippen LogP contribution in [0.3, 0.4) is 0 Å². The summed E-state index contributed by atoms with van der Waals surface area (Å²) in [6, 6.07) is 2.96. The standard InChI is InChI=1S/C20H31ClN8O2/c1-10(2)28-17-18(23-9-13-6-16(31)14(21)7-15(13)30)25-20(24-8-12(5)22)26-19(17)29(27-28)11(3)4/h6-7,10-12,27,30-31H,8-9,22H2,1-5H3,(H2,23,24,25,26). The molecule has 7 N–H and O–H groups in total. The van der Waals surface area contributed by atoms with Crippen molar-refractivity contribution in [3.63, 3.8) is 0 Å². The Kier molecular flexibility index (Phi) is 6.83. The van der Waals surface area contributed by atoms with Gasteiger partial charge in [0.05, 0.1) is 5.02 Å². The Balaban J connectivity index is 2.01. The van der Waals surface area contributed by atoms with Crippen LogP contribution in [-0.4, -0.2) is 44.9 Å². The number of anilines is 4. The number of nitrogens with one attached hydrogen (secondary N) is 3. The van der Waals surface area contributed by atoms with Crippen LogP contribution in [0.15, 0.2) is 12.1 Å². The molecule has 3 rings (SSSR count). The van der Waals surface area contributed by atoms with E-state index >= 15 is 0 Å². The molecular formula is C20H31ClN8O2. The Morgan fingerprint density at radius 3 is 2.32 bits per heavy atom. The van der Waals surface area contributed by atoms with Gasteiger partial charge in [0.25, 0.3) is 0 Å². The zero-order valence-electron chi connectivity index (χ0n) is 18.4. The molecule has 31 heavy (non-hydrogen) atoms. The van der Waals surface area contributed by atoms with Gasteiger partial charge in [-0.1, -0.05) is 11.6 Å². The third kappa shape index (κ3) is 4.97. The van der Waals surface area contributed by atoms with Gasteiger partial charge in [0, 0.05) is 42.8 Å². The normalized spacial score (nSPS) is 14.4. The molecule has 0 saturated heterocycles. The van der Waals surface area contributed by atoms with Gasteiger partial charge < -0.3 is 26.6 Å². The first-order valence-corrected chi connectivity index (χ1v) is 10.7. The zero-order chi connectivity index (χ0) is 22.9. The molecule has 0 fully saturated rings. The molecule has 1 unspecified atom stereocenters. The third-order valence-electron chi connectivity index (χ3n) is 4.76. The number of nitrogens with two attached hydrogens (primary N) is 1. The second kappa shape index (κ2) is 9.21. The fourth-order valence-electron chi connectivity index (χ4n) is 3.15. The number of nitrogens with zero attached hydrogens (tertiary/aromatic N) is 4. The topological polar surface area (TPSA) is 135 Å². The van der Waals surface area contributed by atoms with Crippen molar-refractivity contribution in [2.45, 2.75) is 59.3 Å². The highest BCUT2D eigenvalue weighted by Gasteiger charge is 2.34. The molecule has 1 aromatic heterocycles. The molecule has 0 spiro atoms. The van der Waals surface area contributed by atoms with E-state index in [0.29, 0.717) is 23.9 Å². The van der Waals surface area contributed by atoms with E-state index in [9.17, 15) is 10.2 Å². The number of halogens is 1. The third-order valence-corrected chi connectivity index (χ3v) is 5.06. The van der Waals surface area contributed by atoms with E-state index in [2.05, 4.69) is 48.8 Å². The summed E-state index contributed by atoms with van der Waals surface area (Å²) in [5.41, 5.74) is 10.5. The number of phenolic OH excluding ortho intramolecular Hbond substituents is 2. The second-order valence-electron chi connectivity index (χ2n) is 8.24. The number of aromatic hydroxyl groups is 2. The van der Waals surface area contributed by atoms with Crippen molar-refractivity contribution in [3.8, 4) is 11.5 Å². The number of aromatic nitrogens is 2. The maximum absolute atomic E-state index is 10.2.